The van der Waals surface area contributed by atoms with Gasteiger partial charge in [0, 0.05) is 23.5 Å². The Morgan fingerprint density at radius 3 is 2.59 bits per heavy atom. The molecule has 1 aromatic heterocycles. The fourth-order valence-corrected chi connectivity index (χ4v) is 4.68. The molecular weight excluding hydrogens is 368 g/mol. The van der Waals surface area contributed by atoms with Crippen molar-refractivity contribution in [3.05, 3.63) is 51.4 Å². The third-order valence-electron chi connectivity index (χ3n) is 5.40. The van der Waals surface area contributed by atoms with Crippen molar-refractivity contribution in [1.82, 2.24) is 10.2 Å². The minimum atomic E-state index is -0.847. The number of nitrogens with zero attached hydrogens (tertiary/aromatic N) is 1. The van der Waals surface area contributed by atoms with Crippen molar-refractivity contribution in [3.8, 4) is 0 Å². The number of halogens is 2. The van der Waals surface area contributed by atoms with Crippen LogP contribution in [0.15, 0.2) is 18.2 Å². The van der Waals surface area contributed by atoms with Gasteiger partial charge in [-0.3, -0.25) is 9.69 Å². The van der Waals surface area contributed by atoms with Crippen LogP contribution < -0.4 is 10.6 Å². The van der Waals surface area contributed by atoms with Gasteiger partial charge in [-0.2, -0.15) is 0 Å². The molecule has 7 heteroatoms. The summed E-state index contributed by atoms with van der Waals surface area (Å²) in [5.41, 5.74) is 3.03. The summed E-state index contributed by atoms with van der Waals surface area (Å²) in [7, 11) is 1.95. The number of thiophene rings is 1. The van der Waals surface area contributed by atoms with E-state index in [0.29, 0.717) is 5.56 Å². The number of hydrogen-bond acceptors (Lipinski definition) is 4. The van der Waals surface area contributed by atoms with Crippen LogP contribution in [0.3, 0.4) is 0 Å². The molecule has 0 saturated carbocycles. The van der Waals surface area contributed by atoms with Crippen LogP contribution in [0.5, 0.6) is 0 Å². The summed E-state index contributed by atoms with van der Waals surface area (Å²) in [5.74, 6) is -1.79. The molecule has 4 nitrogen and oxygen atoms in total. The summed E-state index contributed by atoms with van der Waals surface area (Å²) in [6.45, 7) is 7.10. The molecule has 2 aromatic rings. The maximum atomic E-state index is 13.6. The number of aryl methyl sites for hydroxylation is 1. The number of likely N-dealkylation sites (N-methyl/N-ethyl adjacent to an activating group) is 1. The van der Waals surface area contributed by atoms with E-state index >= 15 is 0 Å². The molecule has 1 amide bonds. The van der Waals surface area contributed by atoms with Gasteiger partial charge in [0.2, 0.25) is 5.91 Å². The van der Waals surface area contributed by atoms with Gasteiger partial charge in [-0.15, -0.1) is 11.3 Å². The Labute approximate surface area is 162 Å². The second kappa shape index (κ2) is 8.04. The van der Waals surface area contributed by atoms with Gasteiger partial charge < -0.3 is 10.6 Å². The summed E-state index contributed by atoms with van der Waals surface area (Å²) in [6.07, 6.45) is 0.837. The lowest BCUT2D eigenvalue weighted by Crippen LogP contribution is -2.39. The van der Waals surface area contributed by atoms with Crippen LogP contribution in [-0.4, -0.2) is 37.0 Å². The molecule has 1 saturated heterocycles. The van der Waals surface area contributed by atoms with Crippen molar-refractivity contribution in [2.24, 2.45) is 0 Å². The number of likely N-dealkylation sites (tertiary alicyclic amines) is 1. The van der Waals surface area contributed by atoms with Crippen molar-refractivity contribution < 1.29 is 13.6 Å². The van der Waals surface area contributed by atoms with Gasteiger partial charge in [-0.05, 0) is 63.1 Å². The first-order chi connectivity index (χ1) is 12.8. The van der Waals surface area contributed by atoms with E-state index in [2.05, 4.69) is 22.5 Å². The van der Waals surface area contributed by atoms with E-state index in [1.807, 2.05) is 20.9 Å². The molecule has 1 fully saturated rings. The first-order valence-corrected chi connectivity index (χ1v) is 9.84. The fraction of sp³-hybridized carbons (Fsp3) is 0.450. The predicted octanol–water partition coefficient (Wildman–Crippen LogP) is 3.93. The van der Waals surface area contributed by atoms with Crippen LogP contribution in [0.4, 0.5) is 13.8 Å². The Morgan fingerprint density at radius 1 is 1.22 bits per heavy atom. The highest BCUT2D eigenvalue weighted by atomic mass is 32.1. The smallest absolute Gasteiger partial charge is 0.238 e. The maximum Gasteiger partial charge on any atom is 0.238 e. The molecule has 0 radical (unpaired) electrons. The third-order valence-corrected chi connectivity index (χ3v) is 6.62. The van der Waals surface area contributed by atoms with E-state index in [0.717, 1.165) is 29.6 Å². The van der Waals surface area contributed by atoms with Crippen LogP contribution in [-0.2, 0) is 4.79 Å². The average molecular weight is 394 g/mol. The van der Waals surface area contributed by atoms with Crippen LogP contribution in [0.25, 0.3) is 0 Å². The van der Waals surface area contributed by atoms with Crippen LogP contribution in [0, 0.1) is 32.4 Å². The molecule has 0 spiro atoms. The zero-order valence-electron chi connectivity index (χ0n) is 16.0. The second-order valence-electron chi connectivity index (χ2n) is 7.16. The minimum Gasteiger partial charge on any atom is -0.316 e. The highest BCUT2D eigenvalue weighted by Crippen LogP contribution is 2.32. The molecular formula is C20H25F2N3OS. The second-order valence-corrected chi connectivity index (χ2v) is 8.39. The van der Waals surface area contributed by atoms with Gasteiger partial charge in [0.1, 0.15) is 0 Å². The van der Waals surface area contributed by atoms with Gasteiger partial charge in [0.25, 0.3) is 0 Å². The average Bonchev–Trinajstić information content (AvgIpc) is 3.11. The van der Waals surface area contributed by atoms with Crippen molar-refractivity contribution >= 4 is 22.2 Å². The molecule has 2 heterocycles. The number of anilines is 1. The predicted molar refractivity (Wildman–Crippen MR) is 105 cm³/mol. The Bertz CT molecular complexity index is 852. The molecule has 27 heavy (non-hydrogen) atoms. The molecule has 1 aliphatic heterocycles. The Balaban J connectivity index is 1.64. The van der Waals surface area contributed by atoms with Gasteiger partial charge in [0.05, 0.1) is 11.5 Å². The van der Waals surface area contributed by atoms with Crippen molar-refractivity contribution in [1.29, 1.82) is 0 Å². The van der Waals surface area contributed by atoms with Crippen molar-refractivity contribution in [2.45, 2.75) is 39.3 Å². The number of carbonyl (C=O) groups is 1. The minimum absolute atomic E-state index is 0.00137. The maximum absolute atomic E-state index is 13.6. The molecule has 2 atom stereocenters. The highest BCUT2D eigenvalue weighted by molar-refractivity contribution is 7.16. The topological polar surface area (TPSA) is 44.4 Å². The lowest BCUT2D eigenvalue weighted by molar-refractivity contribution is -0.115. The molecule has 0 aliphatic carbocycles. The van der Waals surface area contributed by atoms with E-state index < -0.39 is 11.6 Å². The van der Waals surface area contributed by atoms with E-state index in [1.54, 1.807) is 17.4 Å². The molecule has 3 rings (SSSR count). The van der Waals surface area contributed by atoms with E-state index in [1.165, 1.54) is 16.5 Å². The number of benzene rings is 1. The highest BCUT2D eigenvalue weighted by Gasteiger charge is 2.33. The number of nitrogens with one attached hydrogen (secondary N) is 2. The normalized spacial score (nSPS) is 20.2. The molecule has 0 bridgehead atoms. The van der Waals surface area contributed by atoms with Crippen molar-refractivity contribution in [3.63, 3.8) is 0 Å². The van der Waals surface area contributed by atoms with Crippen LogP contribution in [0.2, 0.25) is 0 Å². The SMILES string of the molecule is Cc1sc(NC(=O)CNC2CCN(C)C2c2ccc(F)c(F)c2)c(C)c1C. The zero-order valence-corrected chi connectivity index (χ0v) is 16.8. The summed E-state index contributed by atoms with van der Waals surface area (Å²) in [5, 5.41) is 7.15. The largest absolute Gasteiger partial charge is 0.316 e. The number of hydrogen-bond donors (Lipinski definition) is 2. The van der Waals surface area contributed by atoms with E-state index in [9.17, 15) is 13.6 Å². The van der Waals surface area contributed by atoms with Gasteiger partial charge in [-0.1, -0.05) is 6.07 Å². The number of rotatable bonds is 5. The van der Waals surface area contributed by atoms with Gasteiger partial charge in [0.15, 0.2) is 11.6 Å². The lowest BCUT2D eigenvalue weighted by atomic mass is 10.00. The van der Waals surface area contributed by atoms with E-state index in [4.69, 9.17) is 0 Å². The van der Waals surface area contributed by atoms with Crippen LogP contribution >= 0.6 is 11.3 Å². The van der Waals surface area contributed by atoms with E-state index in [-0.39, 0.29) is 24.5 Å². The van der Waals surface area contributed by atoms with Gasteiger partial charge >= 0.3 is 0 Å². The Kier molecular flexibility index (Phi) is 5.93. The number of amides is 1. The summed E-state index contributed by atoms with van der Waals surface area (Å²) < 4.78 is 26.9. The molecule has 1 aromatic carbocycles. The van der Waals surface area contributed by atoms with Gasteiger partial charge in [-0.25, -0.2) is 8.78 Å². The standard InChI is InChI=1S/C20H25F2N3OS/c1-11-12(2)20(27-13(11)3)24-18(26)10-23-17-7-8-25(4)19(17)14-5-6-15(21)16(22)9-14/h5-6,9,17,19,23H,7-8,10H2,1-4H3,(H,24,26). The fourth-order valence-electron chi connectivity index (χ4n) is 3.60. The molecule has 1 aliphatic rings. The molecule has 2 N–H and O–H groups in total. The zero-order chi connectivity index (χ0) is 19.7. The third kappa shape index (κ3) is 4.20. The first-order valence-electron chi connectivity index (χ1n) is 9.03. The first kappa shape index (κ1) is 19.9. The summed E-state index contributed by atoms with van der Waals surface area (Å²) >= 11 is 1.58. The van der Waals surface area contributed by atoms with Crippen LogP contribution in [0.1, 0.15) is 34.0 Å². The quantitative estimate of drug-likeness (QED) is 0.809. The summed E-state index contributed by atoms with van der Waals surface area (Å²) in [4.78, 5) is 15.7. The molecule has 146 valence electrons. The Hall–Kier alpha value is -1.83. The molecule has 2 unspecified atom stereocenters. The monoisotopic (exact) mass is 393 g/mol. The van der Waals surface area contributed by atoms with Crippen molar-refractivity contribution in [2.75, 3.05) is 25.5 Å². The number of carbonyl (C=O) groups excluding carboxylic acids is 1. The summed E-state index contributed by atoms with van der Waals surface area (Å²) in [6, 6.07) is 3.92. The Morgan fingerprint density at radius 2 is 1.96 bits per heavy atom. The lowest BCUT2D eigenvalue weighted by Gasteiger charge is -2.26.